The first kappa shape index (κ1) is 17.9. The monoisotopic (exact) mass is 353 g/mol. The number of nitrogens with zero attached hydrogens (tertiary/aromatic N) is 2. The molecule has 0 saturated carbocycles. The molecule has 0 fully saturated rings. The Morgan fingerprint density at radius 1 is 1.31 bits per heavy atom. The summed E-state index contributed by atoms with van der Waals surface area (Å²) in [6.07, 6.45) is 1.98. The lowest BCUT2D eigenvalue weighted by molar-refractivity contribution is -0.131. The van der Waals surface area contributed by atoms with Crippen LogP contribution < -0.4 is 10.1 Å². The minimum Gasteiger partial charge on any atom is -0.496 e. The van der Waals surface area contributed by atoms with Gasteiger partial charge in [-0.25, -0.2) is 0 Å². The van der Waals surface area contributed by atoms with Crippen LogP contribution in [0.25, 0.3) is 0 Å². The number of nitrogens with one attached hydrogen (secondary N) is 1. The minimum atomic E-state index is -0.282. The summed E-state index contributed by atoms with van der Waals surface area (Å²) in [5.41, 5.74) is 4.23. The fraction of sp³-hybridized carbons (Fsp3) is 0.350. The predicted molar refractivity (Wildman–Crippen MR) is 98.0 cm³/mol. The predicted octanol–water partition coefficient (Wildman–Crippen LogP) is 2.54. The summed E-state index contributed by atoms with van der Waals surface area (Å²) in [7, 11) is 3.38. The van der Waals surface area contributed by atoms with E-state index in [-0.39, 0.29) is 24.3 Å². The highest BCUT2D eigenvalue weighted by atomic mass is 16.5. The van der Waals surface area contributed by atoms with Crippen molar-refractivity contribution in [1.29, 1.82) is 0 Å². The molecule has 1 atom stereocenters. The van der Waals surface area contributed by atoms with Gasteiger partial charge in [-0.15, -0.1) is 0 Å². The van der Waals surface area contributed by atoms with Crippen LogP contribution in [0.4, 0.5) is 0 Å². The molecular formula is C20H23N3O3. The van der Waals surface area contributed by atoms with E-state index in [9.17, 15) is 9.59 Å². The standard InChI is InChI=1S/C20H23N3O3/c1-12-10-21-17(13(2)19(12)26-4)11-23(3)18(24)9-16-14-7-5-6-8-15(14)20(25)22-16/h5-8,10,16H,9,11H2,1-4H3,(H,22,25)/t16-/m0/s1. The molecule has 3 rings (SSSR count). The maximum Gasteiger partial charge on any atom is 0.252 e. The summed E-state index contributed by atoms with van der Waals surface area (Å²) in [5, 5.41) is 2.88. The normalized spacial score (nSPS) is 15.4. The zero-order chi connectivity index (χ0) is 18.8. The number of pyridine rings is 1. The fourth-order valence-electron chi connectivity index (χ4n) is 3.36. The van der Waals surface area contributed by atoms with Gasteiger partial charge in [-0.05, 0) is 25.5 Å². The van der Waals surface area contributed by atoms with Crippen LogP contribution in [0.2, 0.25) is 0 Å². The number of aromatic nitrogens is 1. The molecule has 26 heavy (non-hydrogen) atoms. The van der Waals surface area contributed by atoms with Gasteiger partial charge in [0.25, 0.3) is 5.91 Å². The molecule has 0 aliphatic carbocycles. The van der Waals surface area contributed by atoms with Crippen molar-refractivity contribution < 1.29 is 14.3 Å². The Bertz CT molecular complexity index is 863. The summed E-state index contributed by atoms with van der Waals surface area (Å²) < 4.78 is 5.43. The number of rotatable bonds is 5. The van der Waals surface area contributed by atoms with Gasteiger partial charge in [0.1, 0.15) is 5.75 Å². The van der Waals surface area contributed by atoms with Crippen molar-refractivity contribution in [2.24, 2.45) is 0 Å². The maximum absolute atomic E-state index is 12.7. The van der Waals surface area contributed by atoms with Gasteiger partial charge in [-0.2, -0.15) is 0 Å². The molecule has 136 valence electrons. The van der Waals surface area contributed by atoms with Gasteiger partial charge in [0.05, 0.1) is 31.8 Å². The number of hydrogen-bond acceptors (Lipinski definition) is 4. The summed E-state index contributed by atoms with van der Waals surface area (Å²) in [4.78, 5) is 30.8. The van der Waals surface area contributed by atoms with E-state index >= 15 is 0 Å². The number of carbonyl (C=O) groups excluding carboxylic acids is 2. The Kier molecular flexibility index (Phi) is 4.93. The number of carbonyl (C=O) groups is 2. The van der Waals surface area contributed by atoms with Crippen LogP contribution in [-0.2, 0) is 11.3 Å². The van der Waals surface area contributed by atoms with E-state index in [4.69, 9.17) is 4.74 Å². The van der Waals surface area contributed by atoms with Crippen LogP contribution in [0.3, 0.4) is 0 Å². The third-order valence-electron chi connectivity index (χ3n) is 4.83. The van der Waals surface area contributed by atoms with Gasteiger partial charge in [0, 0.05) is 29.9 Å². The van der Waals surface area contributed by atoms with Crippen LogP contribution in [0.5, 0.6) is 5.75 Å². The van der Waals surface area contributed by atoms with E-state index in [0.717, 1.165) is 28.1 Å². The number of methoxy groups -OCH3 is 1. The smallest absolute Gasteiger partial charge is 0.252 e. The van der Waals surface area contributed by atoms with E-state index < -0.39 is 0 Å². The lowest BCUT2D eigenvalue weighted by Crippen LogP contribution is -2.31. The maximum atomic E-state index is 12.7. The first-order valence-corrected chi connectivity index (χ1v) is 8.55. The number of benzene rings is 1. The second-order valence-corrected chi connectivity index (χ2v) is 6.61. The molecule has 6 nitrogen and oxygen atoms in total. The first-order valence-electron chi connectivity index (χ1n) is 8.55. The lowest BCUT2D eigenvalue weighted by atomic mass is 10.0. The Labute approximate surface area is 153 Å². The topological polar surface area (TPSA) is 71.5 Å². The second kappa shape index (κ2) is 7.15. The summed E-state index contributed by atoms with van der Waals surface area (Å²) in [6.45, 7) is 4.28. The van der Waals surface area contributed by atoms with Gasteiger partial charge in [0.2, 0.25) is 5.91 Å². The third kappa shape index (κ3) is 3.27. The van der Waals surface area contributed by atoms with Crippen molar-refractivity contribution >= 4 is 11.8 Å². The largest absolute Gasteiger partial charge is 0.496 e. The van der Waals surface area contributed by atoms with E-state index in [2.05, 4.69) is 10.3 Å². The molecule has 2 heterocycles. The Morgan fingerprint density at radius 3 is 2.77 bits per heavy atom. The van der Waals surface area contributed by atoms with E-state index in [1.807, 2.05) is 32.0 Å². The Morgan fingerprint density at radius 2 is 2.04 bits per heavy atom. The first-order chi connectivity index (χ1) is 12.4. The van der Waals surface area contributed by atoms with Gasteiger partial charge in [0.15, 0.2) is 0 Å². The number of amides is 2. The van der Waals surface area contributed by atoms with E-state index in [1.54, 1.807) is 31.3 Å². The molecule has 1 aliphatic rings. The molecule has 1 aromatic heterocycles. The van der Waals surface area contributed by atoms with Gasteiger partial charge in [-0.3, -0.25) is 14.6 Å². The second-order valence-electron chi connectivity index (χ2n) is 6.61. The Hall–Kier alpha value is -2.89. The quantitative estimate of drug-likeness (QED) is 0.897. The minimum absolute atomic E-state index is 0.0484. The third-order valence-corrected chi connectivity index (χ3v) is 4.83. The molecule has 0 bridgehead atoms. The molecule has 0 unspecified atom stereocenters. The van der Waals surface area contributed by atoms with Gasteiger partial charge >= 0.3 is 0 Å². The fourth-order valence-corrected chi connectivity index (χ4v) is 3.36. The number of fused-ring (bicyclic) bond motifs is 1. The molecular weight excluding hydrogens is 330 g/mol. The number of aryl methyl sites for hydroxylation is 1. The van der Waals surface area contributed by atoms with Crippen LogP contribution in [0.1, 0.15) is 45.2 Å². The van der Waals surface area contributed by atoms with E-state index in [1.165, 1.54) is 0 Å². The van der Waals surface area contributed by atoms with Gasteiger partial charge in [-0.1, -0.05) is 18.2 Å². The van der Waals surface area contributed by atoms with Crippen LogP contribution >= 0.6 is 0 Å². The highest BCUT2D eigenvalue weighted by Gasteiger charge is 2.30. The van der Waals surface area contributed by atoms with Crippen LogP contribution in [0, 0.1) is 13.8 Å². The molecule has 0 radical (unpaired) electrons. The highest BCUT2D eigenvalue weighted by molar-refractivity contribution is 5.99. The molecule has 0 saturated heterocycles. The van der Waals surface area contributed by atoms with Crippen molar-refractivity contribution in [3.05, 3.63) is 58.4 Å². The zero-order valence-corrected chi connectivity index (χ0v) is 15.5. The van der Waals surface area contributed by atoms with Crippen LogP contribution in [-0.4, -0.2) is 35.9 Å². The van der Waals surface area contributed by atoms with E-state index in [0.29, 0.717) is 12.1 Å². The molecule has 6 heteroatoms. The molecule has 1 aliphatic heterocycles. The summed E-state index contributed by atoms with van der Waals surface area (Å²) >= 11 is 0. The average Bonchev–Trinajstić information content (AvgIpc) is 2.94. The number of ether oxygens (including phenoxy) is 1. The molecule has 1 aromatic carbocycles. The Balaban J connectivity index is 1.71. The van der Waals surface area contributed by atoms with Crippen molar-refractivity contribution in [3.63, 3.8) is 0 Å². The summed E-state index contributed by atoms with van der Waals surface area (Å²) in [5.74, 6) is 0.627. The number of hydrogen-bond donors (Lipinski definition) is 1. The van der Waals surface area contributed by atoms with Crippen LogP contribution in [0.15, 0.2) is 30.5 Å². The summed E-state index contributed by atoms with van der Waals surface area (Å²) in [6, 6.07) is 7.10. The average molecular weight is 353 g/mol. The van der Waals surface area contributed by atoms with Crippen molar-refractivity contribution in [1.82, 2.24) is 15.2 Å². The van der Waals surface area contributed by atoms with Crippen molar-refractivity contribution in [2.75, 3.05) is 14.2 Å². The van der Waals surface area contributed by atoms with Crippen molar-refractivity contribution in [3.8, 4) is 5.75 Å². The molecule has 2 amide bonds. The molecule has 1 N–H and O–H groups in total. The highest BCUT2D eigenvalue weighted by Crippen LogP contribution is 2.28. The molecule has 2 aromatic rings. The zero-order valence-electron chi connectivity index (χ0n) is 15.5. The van der Waals surface area contributed by atoms with Crippen molar-refractivity contribution in [2.45, 2.75) is 32.9 Å². The van der Waals surface area contributed by atoms with Gasteiger partial charge < -0.3 is 15.0 Å². The SMILES string of the molecule is COc1c(C)cnc(CN(C)C(=O)C[C@@H]2NC(=O)c3ccccc32)c1C. The lowest BCUT2D eigenvalue weighted by Gasteiger charge is -2.21. The molecule has 0 spiro atoms.